The summed E-state index contributed by atoms with van der Waals surface area (Å²) in [5.74, 6) is 2.28. The van der Waals surface area contributed by atoms with Crippen molar-refractivity contribution in [3.05, 3.63) is 88.9 Å². The van der Waals surface area contributed by atoms with Crippen LogP contribution in [0.1, 0.15) is 31.9 Å². The van der Waals surface area contributed by atoms with Crippen LogP contribution in [0.4, 0.5) is 0 Å². The predicted molar refractivity (Wildman–Crippen MR) is 133 cm³/mol. The zero-order valence-electron chi connectivity index (χ0n) is 18.7. The van der Waals surface area contributed by atoms with Gasteiger partial charge in [-0.2, -0.15) is 0 Å². The summed E-state index contributed by atoms with van der Waals surface area (Å²) in [4.78, 5) is 0. The smallest absolute Gasteiger partial charge is 0.196 e. The molecular weight excluding hydrogens is 438 g/mol. The van der Waals surface area contributed by atoms with Gasteiger partial charge in [-0.1, -0.05) is 80.5 Å². The molecule has 4 nitrogen and oxygen atoms in total. The van der Waals surface area contributed by atoms with Crippen molar-refractivity contribution in [2.75, 3.05) is 7.11 Å². The van der Waals surface area contributed by atoms with E-state index in [1.807, 2.05) is 48.5 Å². The molecule has 0 spiro atoms. The molecule has 4 rings (SSSR count). The highest BCUT2D eigenvalue weighted by Crippen LogP contribution is 2.34. The second kappa shape index (κ2) is 9.39. The Labute approximate surface area is 198 Å². The lowest BCUT2D eigenvalue weighted by Crippen LogP contribution is -2.10. The Kier molecular flexibility index (Phi) is 6.58. The van der Waals surface area contributed by atoms with E-state index in [9.17, 15) is 0 Å². The molecule has 6 heteroatoms. The molecule has 32 heavy (non-hydrogen) atoms. The highest BCUT2D eigenvalue weighted by Gasteiger charge is 2.19. The summed E-state index contributed by atoms with van der Waals surface area (Å²) in [7, 11) is 1.67. The van der Waals surface area contributed by atoms with Gasteiger partial charge in [0.25, 0.3) is 0 Å². The maximum Gasteiger partial charge on any atom is 0.196 e. The Morgan fingerprint density at radius 2 is 1.59 bits per heavy atom. The summed E-state index contributed by atoms with van der Waals surface area (Å²) < 4.78 is 7.64. The summed E-state index contributed by atoms with van der Waals surface area (Å²) in [6.07, 6.45) is 0. The maximum absolute atomic E-state index is 6.14. The van der Waals surface area contributed by atoms with E-state index in [2.05, 4.69) is 59.8 Å². The van der Waals surface area contributed by atoms with Crippen LogP contribution in [0.15, 0.2) is 78.0 Å². The lowest BCUT2D eigenvalue weighted by atomic mass is 9.87. The molecule has 1 heterocycles. The Hall–Kier alpha value is -2.76. The van der Waals surface area contributed by atoms with Crippen molar-refractivity contribution in [1.29, 1.82) is 0 Å². The van der Waals surface area contributed by atoms with E-state index in [4.69, 9.17) is 16.3 Å². The molecule has 0 amide bonds. The summed E-state index contributed by atoms with van der Waals surface area (Å²) >= 11 is 7.79. The van der Waals surface area contributed by atoms with E-state index >= 15 is 0 Å². The molecule has 0 atom stereocenters. The lowest BCUT2D eigenvalue weighted by molar-refractivity contribution is 0.416. The van der Waals surface area contributed by atoms with Gasteiger partial charge < -0.3 is 4.74 Å². The number of hydrogen-bond acceptors (Lipinski definition) is 4. The summed E-state index contributed by atoms with van der Waals surface area (Å²) in [5.41, 5.74) is 4.55. The third-order valence-electron chi connectivity index (χ3n) is 5.25. The second-order valence-electron chi connectivity index (χ2n) is 8.55. The molecule has 0 saturated heterocycles. The molecule has 4 aromatic rings. The molecule has 0 saturated carbocycles. The Balaban J connectivity index is 1.69. The minimum absolute atomic E-state index is 0.143. The minimum atomic E-state index is 0.143. The number of nitrogens with zero attached hydrogens (tertiary/aromatic N) is 3. The molecule has 0 aliphatic carbocycles. The van der Waals surface area contributed by atoms with Crippen molar-refractivity contribution in [2.24, 2.45) is 0 Å². The number of methoxy groups -OCH3 is 1. The van der Waals surface area contributed by atoms with Crippen LogP contribution >= 0.6 is 23.4 Å². The SMILES string of the molecule is COc1ccccc1-c1nnc(SCc2ccc(C(C)(C)C)cc2)n1-c1ccc(Cl)cc1. The normalized spacial score (nSPS) is 11.5. The van der Waals surface area contributed by atoms with Gasteiger partial charge in [0, 0.05) is 16.5 Å². The van der Waals surface area contributed by atoms with Gasteiger partial charge in [0.1, 0.15) is 5.75 Å². The summed E-state index contributed by atoms with van der Waals surface area (Å²) in [5, 5.41) is 10.6. The number of ether oxygens (including phenoxy) is 1. The fraction of sp³-hybridized carbons (Fsp3) is 0.231. The van der Waals surface area contributed by atoms with Crippen LogP contribution < -0.4 is 4.74 Å². The lowest BCUT2D eigenvalue weighted by Gasteiger charge is -2.19. The topological polar surface area (TPSA) is 39.9 Å². The average Bonchev–Trinajstić information content (AvgIpc) is 3.21. The molecule has 1 aromatic heterocycles. The van der Waals surface area contributed by atoms with Crippen molar-refractivity contribution >= 4 is 23.4 Å². The van der Waals surface area contributed by atoms with Crippen molar-refractivity contribution < 1.29 is 4.74 Å². The zero-order chi connectivity index (χ0) is 22.7. The first kappa shape index (κ1) is 22.4. The van der Waals surface area contributed by atoms with Gasteiger partial charge in [0.15, 0.2) is 11.0 Å². The van der Waals surface area contributed by atoms with Gasteiger partial charge in [0.05, 0.1) is 12.7 Å². The van der Waals surface area contributed by atoms with Crippen molar-refractivity contribution in [3.63, 3.8) is 0 Å². The predicted octanol–water partition coefficient (Wildman–Crippen LogP) is 7.19. The van der Waals surface area contributed by atoms with Gasteiger partial charge in [0.2, 0.25) is 0 Å². The van der Waals surface area contributed by atoms with Gasteiger partial charge in [-0.25, -0.2) is 0 Å². The monoisotopic (exact) mass is 463 g/mol. The van der Waals surface area contributed by atoms with Gasteiger partial charge >= 0.3 is 0 Å². The molecule has 0 aliphatic heterocycles. The van der Waals surface area contributed by atoms with Crippen LogP contribution in [-0.2, 0) is 11.2 Å². The first-order valence-electron chi connectivity index (χ1n) is 10.4. The number of aromatic nitrogens is 3. The van der Waals surface area contributed by atoms with E-state index < -0.39 is 0 Å². The first-order chi connectivity index (χ1) is 15.4. The zero-order valence-corrected chi connectivity index (χ0v) is 20.2. The Bertz CT molecular complexity index is 1200. The fourth-order valence-corrected chi connectivity index (χ4v) is 4.47. The quantitative estimate of drug-likeness (QED) is 0.284. The number of rotatable bonds is 6. The number of thioether (sulfide) groups is 1. The molecule has 0 bridgehead atoms. The number of hydrogen-bond donors (Lipinski definition) is 0. The van der Waals surface area contributed by atoms with Crippen LogP contribution in [-0.4, -0.2) is 21.9 Å². The third-order valence-corrected chi connectivity index (χ3v) is 6.51. The van der Waals surface area contributed by atoms with Crippen molar-refractivity contribution in [2.45, 2.75) is 37.1 Å². The summed E-state index contributed by atoms with van der Waals surface area (Å²) in [6, 6.07) is 24.4. The van der Waals surface area contributed by atoms with Crippen LogP contribution in [0.25, 0.3) is 17.1 Å². The van der Waals surface area contributed by atoms with E-state index in [0.717, 1.165) is 33.7 Å². The van der Waals surface area contributed by atoms with Gasteiger partial charge in [-0.3, -0.25) is 4.57 Å². The molecular formula is C26H26ClN3OS. The Morgan fingerprint density at radius 3 is 2.25 bits per heavy atom. The van der Waals surface area contributed by atoms with E-state index in [1.54, 1.807) is 18.9 Å². The maximum atomic E-state index is 6.14. The van der Waals surface area contributed by atoms with Crippen LogP contribution in [0.2, 0.25) is 5.02 Å². The highest BCUT2D eigenvalue weighted by atomic mass is 35.5. The number of halogens is 1. The largest absolute Gasteiger partial charge is 0.496 e. The van der Waals surface area contributed by atoms with Gasteiger partial charge in [-0.15, -0.1) is 10.2 Å². The molecule has 164 valence electrons. The third kappa shape index (κ3) is 4.84. The van der Waals surface area contributed by atoms with Crippen LogP contribution in [0.5, 0.6) is 5.75 Å². The molecule has 0 N–H and O–H groups in total. The minimum Gasteiger partial charge on any atom is -0.496 e. The van der Waals surface area contributed by atoms with E-state index in [1.165, 1.54) is 11.1 Å². The van der Waals surface area contributed by atoms with Crippen LogP contribution in [0, 0.1) is 0 Å². The number of benzene rings is 3. The molecule has 0 radical (unpaired) electrons. The molecule has 0 aliphatic rings. The van der Waals surface area contributed by atoms with Crippen LogP contribution in [0.3, 0.4) is 0 Å². The second-order valence-corrected chi connectivity index (χ2v) is 9.93. The number of para-hydroxylation sites is 1. The standard InChI is InChI=1S/C26H26ClN3OS/c1-26(2,3)19-11-9-18(10-12-19)17-32-25-29-28-24(22-7-5-6-8-23(22)31-4)30(25)21-15-13-20(27)14-16-21/h5-16H,17H2,1-4H3. The van der Waals surface area contributed by atoms with E-state index in [0.29, 0.717) is 5.02 Å². The molecule has 0 unspecified atom stereocenters. The first-order valence-corrected chi connectivity index (χ1v) is 11.8. The van der Waals surface area contributed by atoms with Gasteiger partial charge in [-0.05, 0) is 52.9 Å². The van der Waals surface area contributed by atoms with Crippen molar-refractivity contribution in [1.82, 2.24) is 14.8 Å². The van der Waals surface area contributed by atoms with E-state index in [-0.39, 0.29) is 5.41 Å². The fourth-order valence-electron chi connectivity index (χ4n) is 3.44. The molecule has 3 aromatic carbocycles. The average molecular weight is 464 g/mol. The Morgan fingerprint density at radius 1 is 0.906 bits per heavy atom. The highest BCUT2D eigenvalue weighted by molar-refractivity contribution is 7.98. The summed E-state index contributed by atoms with van der Waals surface area (Å²) in [6.45, 7) is 6.68. The van der Waals surface area contributed by atoms with Crippen molar-refractivity contribution in [3.8, 4) is 22.8 Å². The molecule has 0 fully saturated rings.